The number of allylic oxidation sites excluding steroid dienone is 5. The van der Waals surface area contributed by atoms with Crippen LogP contribution >= 0.6 is 11.6 Å². The van der Waals surface area contributed by atoms with E-state index >= 15 is 0 Å². The van der Waals surface area contributed by atoms with E-state index in [1.165, 1.54) is 17.6 Å². The van der Waals surface area contributed by atoms with Gasteiger partial charge in [0.05, 0.1) is 0 Å². The zero-order chi connectivity index (χ0) is 13.2. The van der Waals surface area contributed by atoms with Gasteiger partial charge in [0.2, 0.25) is 0 Å². The molecule has 0 saturated carbocycles. The lowest BCUT2D eigenvalue weighted by molar-refractivity contribution is 0.165. The molecule has 0 atom stereocenters. The molecule has 0 fully saturated rings. The van der Waals surface area contributed by atoms with E-state index in [1.54, 1.807) is 0 Å². The molecule has 96 valence electrons. The van der Waals surface area contributed by atoms with Crippen molar-refractivity contribution in [3.63, 3.8) is 0 Å². The van der Waals surface area contributed by atoms with Crippen LogP contribution < -0.4 is 0 Å². The van der Waals surface area contributed by atoms with Crippen LogP contribution in [0.25, 0.3) is 0 Å². The van der Waals surface area contributed by atoms with Crippen molar-refractivity contribution in [1.82, 2.24) is 0 Å². The Hall–Kier alpha value is -0.490. The first-order valence-corrected chi connectivity index (χ1v) is 6.97. The summed E-state index contributed by atoms with van der Waals surface area (Å²) in [6, 6.07) is 0. The van der Waals surface area contributed by atoms with Gasteiger partial charge in [0.1, 0.15) is 0 Å². The van der Waals surface area contributed by atoms with E-state index < -0.39 is 0 Å². The maximum atomic E-state index is 6.47. The fourth-order valence-electron chi connectivity index (χ4n) is 3.44. The lowest BCUT2D eigenvalue weighted by Gasteiger charge is -2.41. The van der Waals surface area contributed by atoms with Gasteiger partial charge in [-0.05, 0) is 42.7 Å². The van der Waals surface area contributed by atoms with E-state index in [9.17, 15) is 0 Å². The van der Waals surface area contributed by atoms with Crippen molar-refractivity contribution in [2.75, 3.05) is 0 Å². The van der Waals surface area contributed by atoms with Gasteiger partial charge in [-0.3, -0.25) is 0 Å². The summed E-state index contributed by atoms with van der Waals surface area (Å²) in [4.78, 5) is 0. The first-order valence-electron chi connectivity index (χ1n) is 6.60. The molecule has 17 heavy (non-hydrogen) atoms. The second kappa shape index (κ2) is 5.44. The van der Waals surface area contributed by atoms with Crippen LogP contribution in [0.3, 0.4) is 0 Å². The van der Waals surface area contributed by atoms with Crippen molar-refractivity contribution >= 4 is 11.6 Å². The molecule has 0 heterocycles. The highest BCUT2D eigenvalue weighted by Crippen LogP contribution is 2.56. The van der Waals surface area contributed by atoms with E-state index in [-0.39, 0.29) is 5.41 Å². The van der Waals surface area contributed by atoms with Crippen LogP contribution in [0.5, 0.6) is 0 Å². The Labute approximate surface area is 111 Å². The Balaban J connectivity index is 3.43. The molecule has 1 heteroatoms. The zero-order valence-electron chi connectivity index (χ0n) is 11.8. The minimum atomic E-state index is 0.215. The van der Waals surface area contributed by atoms with Gasteiger partial charge >= 0.3 is 0 Å². The van der Waals surface area contributed by atoms with Crippen LogP contribution in [-0.2, 0) is 0 Å². The second-order valence-corrected chi connectivity index (χ2v) is 6.00. The van der Waals surface area contributed by atoms with Crippen LogP contribution in [0, 0.1) is 17.3 Å². The Bertz CT molecular complexity index is 348. The molecular weight excluding hydrogens is 228 g/mol. The summed E-state index contributed by atoms with van der Waals surface area (Å²) in [7, 11) is 0. The molecular formula is C16H25Cl. The van der Waals surface area contributed by atoms with Crippen molar-refractivity contribution in [2.45, 2.75) is 47.5 Å². The number of hydrogen-bond acceptors (Lipinski definition) is 0. The van der Waals surface area contributed by atoms with Crippen LogP contribution in [0.4, 0.5) is 0 Å². The largest absolute Gasteiger partial charge is 0.0988 e. The molecule has 0 aromatic heterocycles. The highest BCUT2D eigenvalue weighted by Gasteiger charge is 2.45. The lowest BCUT2D eigenvalue weighted by Crippen LogP contribution is -2.33. The molecule has 0 amide bonds. The number of hydrogen-bond donors (Lipinski definition) is 0. The Kier molecular flexibility index (Phi) is 4.66. The normalized spacial score (nSPS) is 20.6. The quantitative estimate of drug-likeness (QED) is 0.602. The summed E-state index contributed by atoms with van der Waals surface area (Å²) in [6.45, 7) is 15.2. The van der Waals surface area contributed by atoms with Gasteiger partial charge in [-0.25, -0.2) is 0 Å². The van der Waals surface area contributed by atoms with Crippen LogP contribution in [-0.4, -0.2) is 0 Å². The van der Waals surface area contributed by atoms with Crippen molar-refractivity contribution in [2.24, 2.45) is 17.3 Å². The minimum Gasteiger partial charge on any atom is -0.0988 e. The molecule has 0 aromatic carbocycles. The van der Waals surface area contributed by atoms with E-state index in [1.807, 2.05) is 19.1 Å². The summed E-state index contributed by atoms with van der Waals surface area (Å²) >= 11 is 6.47. The first-order chi connectivity index (χ1) is 7.91. The van der Waals surface area contributed by atoms with Gasteiger partial charge in [0.15, 0.2) is 0 Å². The third kappa shape index (κ3) is 2.25. The lowest BCUT2D eigenvalue weighted by atomic mass is 9.64. The number of rotatable bonds is 4. The smallest absolute Gasteiger partial charge is 0.0403 e. The van der Waals surface area contributed by atoms with Gasteiger partial charge in [0, 0.05) is 10.4 Å². The molecule has 0 spiro atoms. The molecule has 0 unspecified atom stereocenters. The summed E-state index contributed by atoms with van der Waals surface area (Å²) < 4.78 is 0. The SMILES string of the molecule is C=CC1=C(/C(Cl)=C\C)C(C(C)C)(C(C)C)CC1. The summed E-state index contributed by atoms with van der Waals surface area (Å²) in [5, 5.41) is 0.916. The van der Waals surface area contributed by atoms with E-state index in [0.717, 1.165) is 11.5 Å². The standard InChI is InChI=1S/C16H25Cl/c1-7-13-9-10-16(11(3)4,12(5)6)15(13)14(17)8-2/h7-8,11-12H,1,9-10H2,2-6H3/b14-8+. The van der Waals surface area contributed by atoms with Gasteiger partial charge in [0.25, 0.3) is 0 Å². The third-order valence-electron chi connectivity index (χ3n) is 4.39. The average molecular weight is 253 g/mol. The van der Waals surface area contributed by atoms with Crippen LogP contribution in [0.1, 0.15) is 47.5 Å². The molecule has 0 bridgehead atoms. The van der Waals surface area contributed by atoms with Gasteiger partial charge in [-0.1, -0.05) is 58.0 Å². The van der Waals surface area contributed by atoms with Crippen molar-refractivity contribution in [3.05, 3.63) is 34.9 Å². The fraction of sp³-hybridized carbons (Fsp3) is 0.625. The highest BCUT2D eigenvalue weighted by molar-refractivity contribution is 6.32. The highest BCUT2D eigenvalue weighted by atomic mass is 35.5. The van der Waals surface area contributed by atoms with Gasteiger partial charge < -0.3 is 0 Å². The molecule has 1 aliphatic rings. The van der Waals surface area contributed by atoms with Crippen molar-refractivity contribution in [1.29, 1.82) is 0 Å². The molecule has 0 aliphatic heterocycles. The molecule has 0 saturated heterocycles. The van der Waals surface area contributed by atoms with Crippen molar-refractivity contribution in [3.8, 4) is 0 Å². The van der Waals surface area contributed by atoms with E-state index in [0.29, 0.717) is 11.8 Å². The Morgan fingerprint density at radius 2 is 1.82 bits per heavy atom. The monoisotopic (exact) mass is 252 g/mol. The molecule has 0 nitrogen and oxygen atoms in total. The minimum absolute atomic E-state index is 0.215. The Morgan fingerprint density at radius 1 is 1.29 bits per heavy atom. The topological polar surface area (TPSA) is 0 Å². The zero-order valence-corrected chi connectivity index (χ0v) is 12.6. The number of halogens is 1. The van der Waals surface area contributed by atoms with Crippen LogP contribution in [0.15, 0.2) is 34.9 Å². The Morgan fingerprint density at radius 3 is 2.18 bits per heavy atom. The predicted molar refractivity (Wildman–Crippen MR) is 78.2 cm³/mol. The first kappa shape index (κ1) is 14.6. The van der Waals surface area contributed by atoms with Gasteiger partial charge in [-0.15, -0.1) is 0 Å². The van der Waals surface area contributed by atoms with E-state index in [2.05, 4.69) is 34.3 Å². The average Bonchev–Trinajstić information content (AvgIpc) is 2.68. The fourth-order valence-corrected chi connectivity index (χ4v) is 3.73. The maximum Gasteiger partial charge on any atom is 0.0403 e. The summed E-state index contributed by atoms with van der Waals surface area (Å²) in [6.07, 6.45) is 6.32. The molecule has 0 aromatic rings. The predicted octanol–water partition coefficient (Wildman–Crippen LogP) is 5.70. The maximum absolute atomic E-state index is 6.47. The van der Waals surface area contributed by atoms with Gasteiger partial charge in [-0.2, -0.15) is 0 Å². The summed E-state index contributed by atoms with van der Waals surface area (Å²) in [5.74, 6) is 1.20. The van der Waals surface area contributed by atoms with Crippen LogP contribution in [0.2, 0.25) is 0 Å². The summed E-state index contributed by atoms with van der Waals surface area (Å²) in [5.41, 5.74) is 2.91. The van der Waals surface area contributed by atoms with Crippen molar-refractivity contribution < 1.29 is 0 Å². The van der Waals surface area contributed by atoms with E-state index in [4.69, 9.17) is 11.6 Å². The molecule has 0 N–H and O–H groups in total. The molecule has 1 aliphatic carbocycles. The molecule has 1 rings (SSSR count). The molecule has 0 radical (unpaired) electrons. The third-order valence-corrected chi connectivity index (χ3v) is 4.80. The second-order valence-electron chi connectivity index (χ2n) is 5.59.